The predicted molar refractivity (Wildman–Crippen MR) is 85.2 cm³/mol. The van der Waals surface area contributed by atoms with Gasteiger partial charge < -0.3 is 0 Å². The zero-order chi connectivity index (χ0) is 13.9. The highest BCUT2D eigenvalue weighted by Crippen LogP contribution is 2.48. The van der Waals surface area contributed by atoms with E-state index < -0.39 is 0 Å². The Labute approximate surface area is 121 Å². The van der Waals surface area contributed by atoms with Gasteiger partial charge in [0, 0.05) is 5.92 Å². The van der Waals surface area contributed by atoms with E-state index in [1.54, 1.807) is 5.57 Å². The Hall–Kier alpha value is -1.82. The summed E-state index contributed by atoms with van der Waals surface area (Å²) in [6.07, 6.45) is 19.7. The molecule has 0 nitrogen and oxygen atoms in total. The Balaban J connectivity index is 1.93. The first kappa shape index (κ1) is 12.0. The van der Waals surface area contributed by atoms with Gasteiger partial charge in [-0.25, -0.2) is 0 Å². The van der Waals surface area contributed by atoms with Crippen molar-refractivity contribution in [3.05, 3.63) is 82.0 Å². The summed E-state index contributed by atoms with van der Waals surface area (Å²) in [6.45, 7) is 6.88. The molecule has 0 aromatic heterocycles. The molecule has 0 heterocycles. The molecule has 4 rings (SSSR count). The van der Waals surface area contributed by atoms with E-state index in [9.17, 15) is 0 Å². The van der Waals surface area contributed by atoms with Crippen molar-refractivity contribution in [3.63, 3.8) is 0 Å². The number of hydrogen-bond donors (Lipinski definition) is 0. The van der Waals surface area contributed by atoms with Gasteiger partial charge in [-0.1, -0.05) is 69.4 Å². The van der Waals surface area contributed by atoms with Crippen molar-refractivity contribution in [1.82, 2.24) is 0 Å². The van der Waals surface area contributed by atoms with Gasteiger partial charge in [0.1, 0.15) is 0 Å². The van der Waals surface area contributed by atoms with Crippen LogP contribution >= 0.6 is 0 Å². The smallest absolute Gasteiger partial charge is 0.0348 e. The fourth-order valence-corrected chi connectivity index (χ4v) is 3.55. The molecule has 0 fully saturated rings. The molecule has 0 aromatic carbocycles. The van der Waals surface area contributed by atoms with Crippen LogP contribution in [0.15, 0.2) is 82.0 Å². The van der Waals surface area contributed by atoms with E-state index >= 15 is 0 Å². The fraction of sp³-hybridized carbons (Fsp3) is 0.300. The van der Waals surface area contributed by atoms with Gasteiger partial charge in [-0.15, -0.1) is 0 Å². The summed E-state index contributed by atoms with van der Waals surface area (Å²) < 4.78 is 0. The van der Waals surface area contributed by atoms with Crippen molar-refractivity contribution in [2.24, 2.45) is 11.3 Å². The van der Waals surface area contributed by atoms with E-state index in [4.69, 9.17) is 0 Å². The summed E-state index contributed by atoms with van der Waals surface area (Å²) >= 11 is 0. The first-order valence-electron chi connectivity index (χ1n) is 7.48. The number of allylic oxidation sites excluding steroid dienone is 14. The molecule has 0 bridgehead atoms. The lowest BCUT2D eigenvalue weighted by atomic mass is 9.66. The van der Waals surface area contributed by atoms with Crippen molar-refractivity contribution in [1.29, 1.82) is 0 Å². The highest BCUT2D eigenvalue weighted by molar-refractivity contribution is 5.68. The van der Waals surface area contributed by atoms with E-state index in [1.165, 1.54) is 27.9 Å². The van der Waals surface area contributed by atoms with Crippen LogP contribution < -0.4 is 0 Å². The van der Waals surface area contributed by atoms with Gasteiger partial charge in [0.2, 0.25) is 0 Å². The molecule has 0 amide bonds. The third-order valence-corrected chi connectivity index (χ3v) is 4.69. The Bertz CT molecular complexity index is 704. The van der Waals surface area contributed by atoms with Crippen LogP contribution in [0.3, 0.4) is 0 Å². The summed E-state index contributed by atoms with van der Waals surface area (Å²) in [5.74, 6) is 0.478. The average molecular weight is 260 g/mol. The maximum atomic E-state index is 2.41. The van der Waals surface area contributed by atoms with Gasteiger partial charge in [0.15, 0.2) is 0 Å². The molecule has 0 spiro atoms. The Kier molecular flexibility index (Phi) is 2.30. The van der Waals surface area contributed by atoms with Crippen LogP contribution in [0.25, 0.3) is 0 Å². The molecule has 1 unspecified atom stereocenters. The van der Waals surface area contributed by atoms with Crippen LogP contribution in [0.5, 0.6) is 0 Å². The minimum absolute atomic E-state index is 0.206. The molecular formula is C20H20. The maximum absolute atomic E-state index is 2.41. The topological polar surface area (TPSA) is 0 Å². The molecule has 0 aliphatic heterocycles. The highest BCUT2D eigenvalue weighted by atomic mass is 14.4. The van der Waals surface area contributed by atoms with Crippen LogP contribution in [0.2, 0.25) is 0 Å². The molecule has 20 heavy (non-hydrogen) atoms. The van der Waals surface area contributed by atoms with E-state index in [0.717, 1.165) is 6.42 Å². The maximum Gasteiger partial charge on any atom is 0.0348 e. The second-order valence-electron chi connectivity index (χ2n) is 7.09. The molecule has 0 saturated heterocycles. The van der Waals surface area contributed by atoms with Crippen LogP contribution in [-0.4, -0.2) is 0 Å². The van der Waals surface area contributed by atoms with E-state index in [2.05, 4.69) is 69.4 Å². The standard InChI is InChI=1S/C20H20/c1-20(2,3)17-11-15-9-7-13-5-4-6-14-8-10-16(12-17)19(15)18(13)14/h4-5,7-12,19H,6H2,1-3H3. The first-order chi connectivity index (χ1) is 9.54. The molecule has 0 heteroatoms. The second-order valence-corrected chi connectivity index (χ2v) is 7.09. The minimum Gasteiger partial charge on any atom is -0.0795 e. The van der Waals surface area contributed by atoms with Crippen LogP contribution in [0, 0.1) is 11.3 Å². The number of hydrogen-bond acceptors (Lipinski definition) is 0. The zero-order valence-corrected chi connectivity index (χ0v) is 12.4. The monoisotopic (exact) mass is 260 g/mol. The number of rotatable bonds is 0. The summed E-state index contributed by atoms with van der Waals surface area (Å²) in [4.78, 5) is 0. The van der Waals surface area contributed by atoms with Gasteiger partial charge in [-0.2, -0.15) is 0 Å². The van der Waals surface area contributed by atoms with Crippen LogP contribution in [0.4, 0.5) is 0 Å². The van der Waals surface area contributed by atoms with E-state index in [0.29, 0.717) is 5.92 Å². The largest absolute Gasteiger partial charge is 0.0795 e. The quantitative estimate of drug-likeness (QED) is 0.561. The van der Waals surface area contributed by atoms with Gasteiger partial charge in [-0.05, 0) is 45.3 Å². The van der Waals surface area contributed by atoms with Crippen LogP contribution in [0.1, 0.15) is 27.2 Å². The van der Waals surface area contributed by atoms with E-state index in [-0.39, 0.29) is 5.41 Å². The molecule has 0 aromatic rings. The summed E-state index contributed by atoms with van der Waals surface area (Å²) in [6, 6.07) is 0. The second kappa shape index (κ2) is 3.85. The fourth-order valence-electron chi connectivity index (χ4n) is 3.55. The van der Waals surface area contributed by atoms with Gasteiger partial charge >= 0.3 is 0 Å². The molecule has 1 atom stereocenters. The van der Waals surface area contributed by atoms with Gasteiger partial charge in [0.05, 0.1) is 0 Å². The Morgan fingerprint density at radius 1 is 0.950 bits per heavy atom. The SMILES string of the molecule is CC(C)(C)C1=CC2=CC=C3C=CCC4=C3C2C(=C1)C=C4. The zero-order valence-electron chi connectivity index (χ0n) is 12.4. The van der Waals surface area contributed by atoms with Crippen molar-refractivity contribution in [3.8, 4) is 0 Å². The highest BCUT2D eigenvalue weighted by Gasteiger charge is 2.34. The molecule has 0 N–H and O–H groups in total. The summed E-state index contributed by atoms with van der Waals surface area (Å²) in [7, 11) is 0. The van der Waals surface area contributed by atoms with Gasteiger partial charge in [0.25, 0.3) is 0 Å². The first-order valence-corrected chi connectivity index (χ1v) is 7.48. The summed E-state index contributed by atoms with van der Waals surface area (Å²) in [5, 5.41) is 0. The normalized spacial score (nSPS) is 26.6. The lowest BCUT2D eigenvalue weighted by Crippen LogP contribution is -2.23. The van der Waals surface area contributed by atoms with Crippen LogP contribution in [-0.2, 0) is 0 Å². The molecular weight excluding hydrogens is 240 g/mol. The molecule has 4 aliphatic rings. The van der Waals surface area contributed by atoms with Crippen molar-refractivity contribution >= 4 is 0 Å². The lowest BCUT2D eigenvalue weighted by Gasteiger charge is -2.37. The summed E-state index contributed by atoms with van der Waals surface area (Å²) in [5.41, 5.74) is 9.01. The average Bonchev–Trinajstić information content (AvgIpc) is 2.43. The Morgan fingerprint density at radius 2 is 1.80 bits per heavy atom. The minimum atomic E-state index is 0.206. The molecule has 0 saturated carbocycles. The van der Waals surface area contributed by atoms with Gasteiger partial charge in [-0.3, -0.25) is 0 Å². The van der Waals surface area contributed by atoms with E-state index in [1.807, 2.05) is 0 Å². The lowest BCUT2D eigenvalue weighted by molar-refractivity contribution is 0.512. The van der Waals surface area contributed by atoms with Crippen molar-refractivity contribution < 1.29 is 0 Å². The molecule has 100 valence electrons. The van der Waals surface area contributed by atoms with Crippen molar-refractivity contribution in [2.45, 2.75) is 27.2 Å². The Morgan fingerprint density at radius 3 is 2.60 bits per heavy atom. The third kappa shape index (κ3) is 1.61. The predicted octanol–water partition coefficient (Wildman–Crippen LogP) is 5.21. The molecule has 4 aliphatic carbocycles. The van der Waals surface area contributed by atoms with Crippen molar-refractivity contribution in [2.75, 3.05) is 0 Å². The molecule has 0 radical (unpaired) electrons. The third-order valence-electron chi connectivity index (χ3n) is 4.69.